The first-order valence-electron chi connectivity index (χ1n) is 6.31. The Morgan fingerprint density at radius 3 is 2.18 bits per heavy atom. The number of hydrogen-bond donors (Lipinski definition) is 1. The van der Waals surface area contributed by atoms with E-state index in [0.29, 0.717) is 13.1 Å². The third-order valence-electron chi connectivity index (χ3n) is 3.37. The molecule has 1 amide bonds. The van der Waals surface area contributed by atoms with E-state index in [1.165, 1.54) is 0 Å². The van der Waals surface area contributed by atoms with Crippen LogP contribution in [-0.4, -0.2) is 59.5 Å². The van der Waals surface area contributed by atoms with Crippen molar-refractivity contribution < 1.29 is 14.7 Å². The van der Waals surface area contributed by atoms with Gasteiger partial charge in [-0.15, -0.1) is 0 Å². The van der Waals surface area contributed by atoms with E-state index in [-0.39, 0.29) is 18.4 Å². The Kier molecular flexibility index (Phi) is 5.41. The number of piperidine rings is 1. The smallest absolute Gasteiger partial charge is 0.317 e. The summed E-state index contributed by atoms with van der Waals surface area (Å²) in [4.78, 5) is 26.4. The summed E-state index contributed by atoms with van der Waals surface area (Å²) in [5.74, 6) is -0.483. The van der Waals surface area contributed by atoms with Crippen LogP contribution in [0.4, 0.5) is 0 Å². The molecule has 5 nitrogen and oxygen atoms in total. The van der Waals surface area contributed by atoms with Crippen molar-refractivity contribution in [2.24, 2.45) is 5.92 Å². The molecule has 1 heterocycles. The number of carboxylic acids is 1. The highest BCUT2D eigenvalue weighted by atomic mass is 16.4. The first-order chi connectivity index (χ1) is 8.08. The molecule has 0 aromatic heterocycles. The van der Waals surface area contributed by atoms with Gasteiger partial charge in [0.2, 0.25) is 5.91 Å². The first-order valence-corrected chi connectivity index (χ1v) is 6.31. The van der Waals surface area contributed by atoms with Gasteiger partial charge in [0, 0.05) is 19.0 Å². The Bertz CT molecular complexity index is 269. The van der Waals surface area contributed by atoms with Crippen LogP contribution in [0, 0.1) is 5.92 Å². The molecule has 0 spiro atoms. The van der Waals surface area contributed by atoms with Crippen LogP contribution in [0.1, 0.15) is 26.7 Å². The van der Waals surface area contributed by atoms with E-state index in [2.05, 4.69) is 0 Å². The molecule has 1 aliphatic heterocycles. The molecule has 1 N–H and O–H groups in total. The van der Waals surface area contributed by atoms with Crippen LogP contribution in [-0.2, 0) is 9.59 Å². The molecule has 0 unspecified atom stereocenters. The van der Waals surface area contributed by atoms with Crippen molar-refractivity contribution in [3.63, 3.8) is 0 Å². The van der Waals surface area contributed by atoms with Gasteiger partial charge in [-0.25, -0.2) is 0 Å². The second-order valence-electron chi connectivity index (χ2n) is 4.45. The highest BCUT2D eigenvalue weighted by Crippen LogP contribution is 2.19. The fourth-order valence-corrected chi connectivity index (χ4v) is 2.32. The van der Waals surface area contributed by atoms with Crippen molar-refractivity contribution in [1.29, 1.82) is 0 Å². The van der Waals surface area contributed by atoms with Crippen molar-refractivity contribution in [2.75, 3.05) is 32.7 Å². The van der Waals surface area contributed by atoms with E-state index in [0.717, 1.165) is 25.9 Å². The Morgan fingerprint density at radius 1 is 1.24 bits per heavy atom. The maximum atomic E-state index is 12.1. The lowest BCUT2D eigenvalue weighted by molar-refractivity contribution is -0.139. The normalized spacial score (nSPS) is 18.0. The lowest BCUT2D eigenvalue weighted by atomic mass is 9.95. The van der Waals surface area contributed by atoms with Crippen molar-refractivity contribution in [1.82, 2.24) is 9.80 Å². The summed E-state index contributed by atoms with van der Waals surface area (Å²) in [6.07, 6.45) is 1.56. The second-order valence-corrected chi connectivity index (χ2v) is 4.45. The number of carbonyl (C=O) groups excluding carboxylic acids is 1. The Labute approximate surface area is 102 Å². The third-order valence-corrected chi connectivity index (χ3v) is 3.37. The summed E-state index contributed by atoms with van der Waals surface area (Å²) in [6.45, 7) is 7.00. The molecule has 0 atom stereocenters. The van der Waals surface area contributed by atoms with Crippen LogP contribution >= 0.6 is 0 Å². The van der Waals surface area contributed by atoms with Crippen LogP contribution in [0.2, 0.25) is 0 Å². The molecule has 0 radical (unpaired) electrons. The monoisotopic (exact) mass is 242 g/mol. The van der Waals surface area contributed by atoms with Gasteiger partial charge in [0.25, 0.3) is 0 Å². The van der Waals surface area contributed by atoms with Crippen LogP contribution in [0.25, 0.3) is 0 Å². The second kappa shape index (κ2) is 6.59. The van der Waals surface area contributed by atoms with Crippen molar-refractivity contribution in [2.45, 2.75) is 26.7 Å². The molecular formula is C12H22N2O3. The van der Waals surface area contributed by atoms with Crippen LogP contribution in [0.3, 0.4) is 0 Å². The van der Waals surface area contributed by atoms with Gasteiger partial charge in [-0.05, 0) is 39.8 Å². The number of rotatable bonds is 5. The predicted octanol–water partition coefficient (Wildman–Crippen LogP) is 0.651. The first kappa shape index (κ1) is 14.0. The number of carboxylic acid groups (broad SMARTS) is 1. The predicted molar refractivity (Wildman–Crippen MR) is 64.7 cm³/mol. The Balaban J connectivity index is 2.40. The average molecular weight is 242 g/mol. The van der Waals surface area contributed by atoms with Gasteiger partial charge >= 0.3 is 5.97 Å². The number of hydrogen-bond acceptors (Lipinski definition) is 3. The van der Waals surface area contributed by atoms with Crippen molar-refractivity contribution in [3.8, 4) is 0 Å². The third kappa shape index (κ3) is 4.00. The minimum Gasteiger partial charge on any atom is -0.480 e. The quantitative estimate of drug-likeness (QED) is 0.769. The molecule has 5 heteroatoms. The number of amides is 1. The van der Waals surface area contributed by atoms with Gasteiger partial charge < -0.3 is 10.0 Å². The van der Waals surface area contributed by atoms with Crippen LogP contribution in [0.5, 0.6) is 0 Å². The van der Waals surface area contributed by atoms with E-state index in [4.69, 9.17) is 5.11 Å². The van der Waals surface area contributed by atoms with Gasteiger partial charge in [0.05, 0.1) is 6.54 Å². The Morgan fingerprint density at radius 2 is 1.76 bits per heavy atom. The van der Waals surface area contributed by atoms with E-state index >= 15 is 0 Å². The van der Waals surface area contributed by atoms with Crippen molar-refractivity contribution in [3.05, 3.63) is 0 Å². The largest absolute Gasteiger partial charge is 0.480 e. The number of nitrogens with zero attached hydrogens (tertiary/aromatic N) is 2. The lowest BCUT2D eigenvalue weighted by Gasteiger charge is -2.32. The summed E-state index contributed by atoms with van der Waals surface area (Å²) in [5, 5.41) is 8.69. The zero-order valence-electron chi connectivity index (χ0n) is 10.7. The SMILES string of the molecule is CCN(CC)C(=O)C1CCN(CC(=O)O)CC1. The molecule has 0 saturated carbocycles. The van der Waals surface area contributed by atoms with Gasteiger partial charge in [-0.3, -0.25) is 14.5 Å². The molecule has 0 aromatic carbocycles. The summed E-state index contributed by atoms with van der Waals surface area (Å²) in [5.41, 5.74) is 0. The maximum Gasteiger partial charge on any atom is 0.317 e. The fraction of sp³-hybridized carbons (Fsp3) is 0.833. The van der Waals surface area contributed by atoms with Gasteiger partial charge in [-0.1, -0.05) is 0 Å². The summed E-state index contributed by atoms with van der Waals surface area (Å²) in [7, 11) is 0. The fourth-order valence-electron chi connectivity index (χ4n) is 2.32. The van der Waals surface area contributed by atoms with E-state index in [1.54, 1.807) is 0 Å². The van der Waals surface area contributed by atoms with Crippen molar-refractivity contribution >= 4 is 11.9 Å². The molecule has 1 rings (SSSR count). The standard InChI is InChI=1S/C12H22N2O3/c1-3-14(4-2)12(17)10-5-7-13(8-6-10)9-11(15)16/h10H,3-9H2,1-2H3,(H,15,16). The van der Waals surface area contributed by atoms with E-state index in [9.17, 15) is 9.59 Å². The van der Waals surface area contributed by atoms with Gasteiger partial charge in [0.1, 0.15) is 0 Å². The minimum atomic E-state index is -0.793. The highest BCUT2D eigenvalue weighted by molar-refractivity contribution is 5.79. The van der Waals surface area contributed by atoms with Gasteiger partial charge in [0.15, 0.2) is 0 Å². The highest BCUT2D eigenvalue weighted by Gasteiger charge is 2.27. The molecule has 0 aliphatic carbocycles. The minimum absolute atomic E-state index is 0.0833. The van der Waals surface area contributed by atoms with Crippen LogP contribution < -0.4 is 0 Å². The summed E-state index contributed by atoms with van der Waals surface area (Å²) < 4.78 is 0. The summed E-state index contributed by atoms with van der Waals surface area (Å²) in [6, 6.07) is 0. The zero-order valence-corrected chi connectivity index (χ0v) is 10.7. The maximum absolute atomic E-state index is 12.1. The summed E-state index contributed by atoms with van der Waals surface area (Å²) >= 11 is 0. The molecule has 0 bridgehead atoms. The molecule has 98 valence electrons. The molecule has 1 saturated heterocycles. The number of likely N-dealkylation sites (tertiary alicyclic amines) is 1. The average Bonchev–Trinajstić information content (AvgIpc) is 2.30. The Hall–Kier alpha value is -1.10. The molecular weight excluding hydrogens is 220 g/mol. The number of carbonyl (C=O) groups is 2. The molecule has 1 fully saturated rings. The van der Waals surface area contributed by atoms with E-state index in [1.807, 2.05) is 23.6 Å². The zero-order chi connectivity index (χ0) is 12.8. The van der Waals surface area contributed by atoms with E-state index < -0.39 is 5.97 Å². The lowest BCUT2D eigenvalue weighted by Crippen LogP contribution is -2.43. The van der Waals surface area contributed by atoms with Gasteiger partial charge in [-0.2, -0.15) is 0 Å². The molecule has 0 aromatic rings. The molecule has 1 aliphatic rings. The topological polar surface area (TPSA) is 60.9 Å². The van der Waals surface area contributed by atoms with Crippen LogP contribution in [0.15, 0.2) is 0 Å². The number of aliphatic carboxylic acids is 1. The molecule has 17 heavy (non-hydrogen) atoms.